The van der Waals surface area contributed by atoms with Gasteiger partial charge in [0.2, 0.25) is 0 Å². The normalized spacial score (nSPS) is 12.6. The molecule has 0 atom stereocenters. The van der Waals surface area contributed by atoms with Gasteiger partial charge < -0.3 is 0 Å². The van der Waals surface area contributed by atoms with Crippen LogP contribution in [0.1, 0.15) is 22.3 Å². The second-order valence-electron chi connectivity index (χ2n) is 6.99. The van der Waals surface area contributed by atoms with Crippen LogP contribution in [0, 0.1) is 13.8 Å². The lowest BCUT2D eigenvalue weighted by atomic mass is 10.1. The van der Waals surface area contributed by atoms with Crippen molar-refractivity contribution >= 4 is 31.8 Å². The quantitative estimate of drug-likeness (QED) is 0.531. The molecular weight excluding hydrogens is 416 g/mol. The molecule has 0 bridgehead atoms. The first kappa shape index (κ1) is 21.7. The summed E-state index contributed by atoms with van der Waals surface area (Å²) in [5, 5.41) is 2.34. The monoisotopic (exact) mass is 438 g/mol. The maximum absolute atomic E-state index is 12.4. The van der Waals surface area contributed by atoms with E-state index in [1.165, 1.54) is 23.0 Å². The lowest BCUT2D eigenvalue weighted by molar-refractivity contribution is 0.603. The van der Waals surface area contributed by atoms with Crippen LogP contribution in [0.25, 0.3) is 12.2 Å². The lowest BCUT2D eigenvalue weighted by Crippen LogP contribution is -1.96. The van der Waals surface area contributed by atoms with Crippen molar-refractivity contribution < 1.29 is 16.8 Å². The number of sulfone groups is 2. The summed E-state index contributed by atoms with van der Waals surface area (Å²) in [4.78, 5) is 0.482. The number of benzene rings is 3. The predicted molar refractivity (Wildman–Crippen MR) is 121 cm³/mol. The Hall–Kier alpha value is -2.96. The van der Waals surface area contributed by atoms with E-state index in [-0.39, 0.29) is 9.79 Å². The third-order valence-corrected chi connectivity index (χ3v) is 7.36. The van der Waals surface area contributed by atoms with Gasteiger partial charge in [-0.1, -0.05) is 59.7 Å². The first-order valence-electron chi connectivity index (χ1n) is 9.25. The maximum atomic E-state index is 12.4. The Balaban J connectivity index is 1.73. The molecule has 0 heterocycles. The van der Waals surface area contributed by atoms with Crippen LogP contribution in [0.5, 0.6) is 0 Å². The molecule has 3 rings (SSSR count). The minimum absolute atomic E-state index is 0.241. The summed E-state index contributed by atoms with van der Waals surface area (Å²) >= 11 is 0. The zero-order chi connectivity index (χ0) is 21.8. The molecule has 154 valence electrons. The summed E-state index contributed by atoms with van der Waals surface area (Å²) in [6.45, 7) is 3.79. The van der Waals surface area contributed by atoms with Gasteiger partial charge in [-0.2, -0.15) is 0 Å². The highest BCUT2D eigenvalue weighted by Gasteiger charge is 2.10. The minimum Gasteiger partial charge on any atom is -0.219 e. The molecule has 0 amide bonds. The molecule has 0 saturated heterocycles. The Morgan fingerprint density at radius 1 is 0.500 bits per heavy atom. The van der Waals surface area contributed by atoms with E-state index in [4.69, 9.17) is 0 Å². The fraction of sp³-hybridized carbons (Fsp3) is 0.0833. The summed E-state index contributed by atoms with van der Waals surface area (Å²) in [6, 6.07) is 20.3. The zero-order valence-corrected chi connectivity index (χ0v) is 18.3. The molecule has 3 aromatic carbocycles. The van der Waals surface area contributed by atoms with Gasteiger partial charge in [-0.25, -0.2) is 16.8 Å². The van der Waals surface area contributed by atoms with Crippen LogP contribution < -0.4 is 0 Å². The fourth-order valence-electron chi connectivity index (χ4n) is 2.67. The van der Waals surface area contributed by atoms with Crippen LogP contribution in [-0.2, 0) is 19.7 Å². The first-order valence-corrected chi connectivity index (χ1v) is 12.3. The Morgan fingerprint density at radius 2 is 0.800 bits per heavy atom. The molecule has 0 unspecified atom stereocenters. The smallest absolute Gasteiger partial charge is 0.199 e. The van der Waals surface area contributed by atoms with E-state index in [0.717, 1.165) is 11.1 Å². The Bertz CT molecular complexity index is 1180. The van der Waals surface area contributed by atoms with Crippen molar-refractivity contribution in [2.24, 2.45) is 0 Å². The van der Waals surface area contributed by atoms with Crippen molar-refractivity contribution in [3.63, 3.8) is 0 Å². The van der Waals surface area contributed by atoms with Gasteiger partial charge in [0.15, 0.2) is 19.7 Å². The number of hydrogen-bond acceptors (Lipinski definition) is 4. The molecule has 6 heteroatoms. The van der Waals surface area contributed by atoms with E-state index in [0.29, 0.717) is 11.1 Å². The average Bonchev–Trinajstić information content (AvgIpc) is 2.72. The molecular formula is C24H22O4S2. The number of rotatable bonds is 6. The van der Waals surface area contributed by atoms with Gasteiger partial charge in [-0.3, -0.25) is 0 Å². The van der Waals surface area contributed by atoms with Crippen molar-refractivity contribution in [1.82, 2.24) is 0 Å². The minimum atomic E-state index is -3.52. The first-order chi connectivity index (χ1) is 14.2. The molecule has 0 aliphatic carbocycles. The summed E-state index contributed by atoms with van der Waals surface area (Å²) in [7, 11) is -7.05. The van der Waals surface area contributed by atoms with E-state index in [1.807, 2.05) is 13.8 Å². The predicted octanol–water partition coefficient (Wildman–Crippen LogP) is 5.19. The SMILES string of the molecule is Cc1ccc(S(=O)(=O)/C=C/c2ccc(/C=C/S(=O)(=O)c3ccc(C)cc3)cc2)cc1. The highest BCUT2D eigenvalue weighted by Crippen LogP contribution is 2.17. The molecule has 0 aromatic heterocycles. The summed E-state index contributed by atoms with van der Waals surface area (Å²) in [6.07, 6.45) is 3.04. The molecule has 0 fully saturated rings. The molecule has 0 aliphatic rings. The zero-order valence-electron chi connectivity index (χ0n) is 16.7. The van der Waals surface area contributed by atoms with E-state index in [9.17, 15) is 16.8 Å². The van der Waals surface area contributed by atoms with Gasteiger partial charge in [-0.15, -0.1) is 0 Å². The van der Waals surface area contributed by atoms with Crippen molar-refractivity contribution in [2.45, 2.75) is 23.6 Å². The van der Waals surface area contributed by atoms with Crippen LogP contribution in [0.3, 0.4) is 0 Å². The Morgan fingerprint density at radius 3 is 1.10 bits per heavy atom. The fourth-order valence-corrected chi connectivity index (χ4v) is 4.69. The largest absolute Gasteiger partial charge is 0.219 e. The van der Waals surface area contributed by atoms with Crippen LogP contribution in [0.2, 0.25) is 0 Å². The molecule has 0 aliphatic heterocycles. The van der Waals surface area contributed by atoms with Gasteiger partial charge >= 0.3 is 0 Å². The number of hydrogen-bond donors (Lipinski definition) is 0. The topological polar surface area (TPSA) is 68.3 Å². The number of aryl methyl sites for hydroxylation is 2. The third-order valence-electron chi connectivity index (χ3n) is 4.51. The molecule has 4 nitrogen and oxygen atoms in total. The van der Waals surface area contributed by atoms with Crippen molar-refractivity contribution in [1.29, 1.82) is 0 Å². The molecule has 0 radical (unpaired) electrons. The van der Waals surface area contributed by atoms with Crippen LogP contribution in [0.15, 0.2) is 93.4 Å². The van der Waals surface area contributed by atoms with Gasteiger partial charge in [0.25, 0.3) is 0 Å². The van der Waals surface area contributed by atoms with Gasteiger partial charge in [0.05, 0.1) is 9.79 Å². The second kappa shape index (κ2) is 8.81. The molecule has 0 saturated carbocycles. The standard InChI is InChI=1S/C24H22O4S2/c1-19-3-11-23(12-4-19)29(25,26)17-15-21-7-9-22(10-8-21)16-18-30(27,28)24-13-5-20(2)6-14-24/h3-18H,1-2H3/b17-15+,18-16+. The Labute approximate surface area is 178 Å². The molecule has 0 spiro atoms. The van der Waals surface area contributed by atoms with Crippen LogP contribution in [-0.4, -0.2) is 16.8 Å². The van der Waals surface area contributed by atoms with Crippen molar-refractivity contribution in [3.8, 4) is 0 Å². The van der Waals surface area contributed by atoms with Gasteiger partial charge in [-0.05, 0) is 61.4 Å². The lowest BCUT2D eigenvalue weighted by Gasteiger charge is -2.01. The van der Waals surface area contributed by atoms with E-state index >= 15 is 0 Å². The summed E-state index contributed by atoms with van der Waals surface area (Å²) in [5.41, 5.74) is 3.38. The van der Waals surface area contributed by atoms with E-state index < -0.39 is 19.7 Å². The van der Waals surface area contributed by atoms with Gasteiger partial charge in [0.1, 0.15) is 0 Å². The van der Waals surface area contributed by atoms with E-state index in [1.54, 1.807) is 72.8 Å². The van der Waals surface area contributed by atoms with Crippen molar-refractivity contribution in [3.05, 3.63) is 106 Å². The van der Waals surface area contributed by atoms with E-state index in [2.05, 4.69) is 0 Å². The van der Waals surface area contributed by atoms with Crippen molar-refractivity contribution in [2.75, 3.05) is 0 Å². The summed E-state index contributed by atoms with van der Waals surface area (Å²) in [5.74, 6) is 0. The third kappa shape index (κ3) is 5.55. The maximum Gasteiger partial charge on any atom is 0.199 e. The van der Waals surface area contributed by atoms with Gasteiger partial charge in [0, 0.05) is 10.8 Å². The summed E-state index contributed by atoms with van der Waals surface area (Å²) < 4.78 is 49.6. The highest BCUT2D eigenvalue weighted by molar-refractivity contribution is 7.94. The Kier molecular flexibility index (Phi) is 6.39. The second-order valence-corrected chi connectivity index (χ2v) is 10.7. The molecule has 30 heavy (non-hydrogen) atoms. The highest BCUT2D eigenvalue weighted by atomic mass is 32.2. The molecule has 0 N–H and O–H groups in total. The average molecular weight is 439 g/mol. The van der Waals surface area contributed by atoms with Crippen LogP contribution in [0.4, 0.5) is 0 Å². The molecule has 3 aromatic rings. The van der Waals surface area contributed by atoms with Crippen LogP contribution >= 0.6 is 0 Å².